The van der Waals surface area contributed by atoms with Crippen LogP contribution in [0, 0.1) is 11.8 Å². The van der Waals surface area contributed by atoms with Crippen LogP contribution < -0.4 is 9.47 Å². The number of aryl methyl sites for hydroxylation is 2. The summed E-state index contributed by atoms with van der Waals surface area (Å²) in [7, 11) is 0. The summed E-state index contributed by atoms with van der Waals surface area (Å²) in [6.07, 6.45) is 26.1. The van der Waals surface area contributed by atoms with Crippen LogP contribution in [0.2, 0.25) is 0 Å². The number of benzene rings is 2. The smallest absolute Gasteiger partial charge is 0.119 e. The molecule has 6 rings (SSSR count). The molecule has 4 aliphatic rings. The molecule has 5 nitrogen and oxygen atoms in total. The summed E-state index contributed by atoms with van der Waals surface area (Å²) in [5, 5.41) is 3.97. The highest BCUT2D eigenvalue weighted by Gasteiger charge is 2.19. The number of hydrogen-bond acceptors (Lipinski definition) is 3. The fraction of sp³-hybridized carbons (Fsp3) is 0.611. The number of allylic oxidation sites excluding steroid dienone is 1. The Balaban J connectivity index is 0.000000166. The summed E-state index contributed by atoms with van der Waals surface area (Å²) in [6.45, 7) is 1.76. The molecule has 0 N–H and O–H groups in total. The standard InChI is InChI=1S/C18H25N3O.C18H24O/c19-21-20-18-9-5-4-8-15-12-16(10-11-17(15)18)22-13-14-6-2-1-3-7-14;1-3-7-15(8-4-1)14-19-18-12-11-16-9-5-2-6-10-17(16)13-18/h10-12,14,18H,1-9,13H2;5,9,11-13,15H,1-4,6-8,10,14H2. The number of azide groups is 1. The zero-order valence-electron chi connectivity index (χ0n) is 24.9. The highest BCUT2D eigenvalue weighted by molar-refractivity contribution is 5.56. The summed E-state index contributed by atoms with van der Waals surface area (Å²) in [6, 6.07) is 12.9. The van der Waals surface area contributed by atoms with Crippen molar-refractivity contribution in [1.82, 2.24) is 0 Å². The fourth-order valence-corrected chi connectivity index (χ4v) is 7.01. The molecule has 4 aliphatic carbocycles. The molecule has 2 saturated carbocycles. The first kappa shape index (κ1) is 29.6. The third kappa shape index (κ3) is 9.04. The Morgan fingerprint density at radius 3 is 1.98 bits per heavy atom. The van der Waals surface area contributed by atoms with Crippen molar-refractivity contribution in [2.75, 3.05) is 13.2 Å². The SMILES string of the molecule is C1=Cc2ccc(OCC3CCCCC3)cc2CCC1.[N-]=[N+]=NC1CCCCc2cc(OCC3CCCCC3)ccc21. The molecule has 0 saturated heterocycles. The van der Waals surface area contributed by atoms with Crippen LogP contribution in [0.1, 0.15) is 125 Å². The van der Waals surface area contributed by atoms with E-state index < -0.39 is 0 Å². The van der Waals surface area contributed by atoms with Gasteiger partial charge in [-0.3, -0.25) is 0 Å². The Morgan fingerprint density at radius 2 is 1.29 bits per heavy atom. The van der Waals surface area contributed by atoms with Gasteiger partial charge in [-0.25, -0.2) is 0 Å². The minimum absolute atomic E-state index is 0.00473. The molecule has 2 aromatic carbocycles. The number of nitrogens with zero attached hydrogens (tertiary/aromatic N) is 3. The molecule has 5 heteroatoms. The topological polar surface area (TPSA) is 67.2 Å². The van der Waals surface area contributed by atoms with Crippen LogP contribution in [0.25, 0.3) is 16.5 Å². The van der Waals surface area contributed by atoms with Gasteiger partial charge < -0.3 is 9.47 Å². The lowest BCUT2D eigenvalue weighted by Crippen LogP contribution is -2.15. The average molecular weight is 556 g/mol. The quantitative estimate of drug-likeness (QED) is 0.148. The van der Waals surface area contributed by atoms with Crippen molar-refractivity contribution < 1.29 is 9.47 Å². The van der Waals surface area contributed by atoms with Gasteiger partial charge >= 0.3 is 0 Å². The first-order valence-electron chi connectivity index (χ1n) is 16.5. The molecule has 0 radical (unpaired) electrons. The monoisotopic (exact) mass is 555 g/mol. The van der Waals surface area contributed by atoms with Gasteiger partial charge in [-0.15, -0.1) is 0 Å². The van der Waals surface area contributed by atoms with Crippen molar-refractivity contribution in [3.05, 3.63) is 75.2 Å². The van der Waals surface area contributed by atoms with Gasteiger partial charge in [-0.05, 0) is 128 Å². The molecule has 2 aromatic rings. The zero-order chi connectivity index (χ0) is 28.1. The maximum Gasteiger partial charge on any atom is 0.119 e. The van der Waals surface area contributed by atoms with E-state index in [1.54, 1.807) is 0 Å². The lowest BCUT2D eigenvalue weighted by atomic mass is 9.90. The Bertz CT molecular complexity index is 1170. The third-order valence-corrected chi connectivity index (χ3v) is 9.49. The summed E-state index contributed by atoms with van der Waals surface area (Å²) in [5.41, 5.74) is 14.1. The van der Waals surface area contributed by atoms with E-state index in [0.29, 0.717) is 0 Å². The first-order chi connectivity index (χ1) is 20.3. The molecule has 0 bridgehead atoms. The maximum absolute atomic E-state index is 8.75. The molecule has 41 heavy (non-hydrogen) atoms. The molecule has 0 heterocycles. The summed E-state index contributed by atoms with van der Waals surface area (Å²) >= 11 is 0. The molecule has 1 unspecified atom stereocenters. The molecular formula is C36H49N3O2. The van der Waals surface area contributed by atoms with Crippen LogP contribution in [0.4, 0.5) is 0 Å². The second-order valence-electron chi connectivity index (χ2n) is 12.6. The molecule has 1 atom stereocenters. The highest BCUT2D eigenvalue weighted by Crippen LogP contribution is 2.34. The summed E-state index contributed by atoms with van der Waals surface area (Å²) in [4.78, 5) is 3.01. The minimum atomic E-state index is -0.00473. The normalized spacial score (nSPS) is 21.1. The van der Waals surface area contributed by atoms with Gasteiger partial charge in [0, 0.05) is 4.91 Å². The van der Waals surface area contributed by atoms with Gasteiger partial charge in [0.1, 0.15) is 11.5 Å². The number of ether oxygens (including phenoxy) is 2. The van der Waals surface area contributed by atoms with E-state index in [-0.39, 0.29) is 6.04 Å². The Kier molecular flexibility index (Phi) is 11.5. The minimum Gasteiger partial charge on any atom is -0.493 e. The third-order valence-electron chi connectivity index (χ3n) is 9.49. The predicted octanol–water partition coefficient (Wildman–Crippen LogP) is 10.7. The van der Waals surface area contributed by atoms with Gasteiger partial charge in [-0.1, -0.05) is 74.3 Å². The molecule has 0 aliphatic heterocycles. The Hall–Kier alpha value is -2.91. The van der Waals surface area contributed by atoms with Crippen molar-refractivity contribution in [3.63, 3.8) is 0 Å². The van der Waals surface area contributed by atoms with Crippen molar-refractivity contribution in [2.24, 2.45) is 17.0 Å². The van der Waals surface area contributed by atoms with Crippen LogP contribution in [0.15, 0.2) is 47.6 Å². The lowest BCUT2D eigenvalue weighted by Gasteiger charge is -2.22. The second-order valence-corrected chi connectivity index (χ2v) is 12.6. The molecule has 2 fully saturated rings. The van der Waals surface area contributed by atoms with Gasteiger partial charge in [-0.2, -0.15) is 0 Å². The second kappa shape index (κ2) is 15.9. The van der Waals surface area contributed by atoms with Crippen LogP contribution in [0.5, 0.6) is 11.5 Å². The number of hydrogen-bond donors (Lipinski definition) is 0. The molecule has 0 amide bonds. The molecular weight excluding hydrogens is 506 g/mol. The number of rotatable bonds is 7. The van der Waals surface area contributed by atoms with Crippen molar-refractivity contribution in [1.29, 1.82) is 0 Å². The van der Waals surface area contributed by atoms with Gasteiger partial charge in [0.05, 0.1) is 19.3 Å². The van der Waals surface area contributed by atoms with Crippen LogP contribution >= 0.6 is 0 Å². The van der Waals surface area contributed by atoms with Crippen molar-refractivity contribution >= 4 is 6.08 Å². The van der Waals surface area contributed by atoms with Crippen LogP contribution in [-0.2, 0) is 12.8 Å². The Morgan fingerprint density at radius 1 is 0.683 bits per heavy atom. The lowest BCUT2D eigenvalue weighted by molar-refractivity contribution is 0.208. The summed E-state index contributed by atoms with van der Waals surface area (Å²) in [5.74, 6) is 3.56. The fourth-order valence-electron chi connectivity index (χ4n) is 7.01. The molecule has 0 aromatic heterocycles. The van der Waals surface area contributed by atoms with Gasteiger partial charge in [0.15, 0.2) is 0 Å². The number of fused-ring (bicyclic) bond motifs is 2. The van der Waals surface area contributed by atoms with E-state index >= 15 is 0 Å². The van der Waals surface area contributed by atoms with Gasteiger partial charge in [0.25, 0.3) is 0 Å². The predicted molar refractivity (Wildman–Crippen MR) is 168 cm³/mol. The van der Waals surface area contributed by atoms with E-state index in [9.17, 15) is 0 Å². The van der Waals surface area contributed by atoms with Crippen LogP contribution in [-0.4, -0.2) is 13.2 Å². The molecule has 220 valence electrons. The van der Waals surface area contributed by atoms with E-state index in [1.807, 2.05) is 6.07 Å². The van der Waals surface area contributed by atoms with Crippen molar-refractivity contribution in [3.8, 4) is 11.5 Å². The van der Waals surface area contributed by atoms with Crippen molar-refractivity contribution in [2.45, 2.75) is 115 Å². The largest absolute Gasteiger partial charge is 0.493 e. The average Bonchev–Trinajstić information content (AvgIpc) is 3.38. The maximum atomic E-state index is 8.75. The summed E-state index contributed by atoms with van der Waals surface area (Å²) < 4.78 is 12.1. The zero-order valence-corrected chi connectivity index (χ0v) is 24.9. The van der Waals surface area contributed by atoms with E-state index in [4.69, 9.17) is 15.0 Å². The van der Waals surface area contributed by atoms with E-state index in [2.05, 4.69) is 52.5 Å². The van der Waals surface area contributed by atoms with Gasteiger partial charge in [0.2, 0.25) is 0 Å². The van der Waals surface area contributed by atoms with E-state index in [1.165, 1.54) is 106 Å². The Labute approximate surface area is 247 Å². The molecule has 0 spiro atoms. The highest BCUT2D eigenvalue weighted by atomic mass is 16.5. The van der Waals surface area contributed by atoms with E-state index in [0.717, 1.165) is 62.2 Å². The van der Waals surface area contributed by atoms with Crippen LogP contribution in [0.3, 0.4) is 0 Å². The first-order valence-corrected chi connectivity index (χ1v) is 16.5.